The van der Waals surface area contributed by atoms with Crippen LogP contribution in [-0.4, -0.2) is 49.1 Å². The van der Waals surface area contributed by atoms with Crippen LogP contribution >= 0.6 is 12.4 Å². The molecule has 0 spiro atoms. The second kappa shape index (κ2) is 8.96. The van der Waals surface area contributed by atoms with E-state index in [2.05, 4.69) is 29.4 Å². The Labute approximate surface area is 135 Å². The van der Waals surface area contributed by atoms with Gasteiger partial charge in [0, 0.05) is 18.6 Å². The van der Waals surface area contributed by atoms with E-state index >= 15 is 0 Å². The van der Waals surface area contributed by atoms with E-state index in [0.29, 0.717) is 12.1 Å². The molecule has 1 saturated heterocycles. The van der Waals surface area contributed by atoms with Crippen molar-refractivity contribution in [1.82, 2.24) is 15.5 Å². The Balaban J connectivity index is 0.00000220. The van der Waals surface area contributed by atoms with Crippen LogP contribution in [0.15, 0.2) is 0 Å². The van der Waals surface area contributed by atoms with Crippen molar-refractivity contribution < 1.29 is 4.79 Å². The van der Waals surface area contributed by atoms with Crippen molar-refractivity contribution in [3.63, 3.8) is 0 Å². The molecule has 2 N–H and O–H groups in total. The van der Waals surface area contributed by atoms with Gasteiger partial charge in [0.05, 0.1) is 6.04 Å². The molecule has 0 aromatic heterocycles. The molecule has 2 aliphatic rings. The van der Waals surface area contributed by atoms with Crippen LogP contribution in [0.4, 0.5) is 0 Å². The average Bonchev–Trinajstić information content (AvgIpc) is 2.48. The Morgan fingerprint density at radius 3 is 2.43 bits per heavy atom. The van der Waals surface area contributed by atoms with Gasteiger partial charge in [-0.05, 0) is 65.0 Å². The quantitative estimate of drug-likeness (QED) is 0.835. The standard InChI is InChI=1S/C16H31N3O.ClH/c1-12-6-8-14(9-7-12)18-16(20)13(2)19-10-4-5-15(11-19)17-3;/h12-15,17H,4-11H2,1-3H3,(H,18,20);1H. The van der Waals surface area contributed by atoms with Gasteiger partial charge in [0.15, 0.2) is 0 Å². The minimum absolute atomic E-state index is 0. The van der Waals surface area contributed by atoms with Crippen molar-refractivity contribution in [2.75, 3.05) is 20.1 Å². The highest BCUT2D eigenvalue weighted by Crippen LogP contribution is 2.23. The molecule has 2 rings (SSSR count). The van der Waals surface area contributed by atoms with Gasteiger partial charge in [0.1, 0.15) is 0 Å². The van der Waals surface area contributed by atoms with Crippen molar-refractivity contribution in [2.24, 2.45) is 5.92 Å². The summed E-state index contributed by atoms with van der Waals surface area (Å²) in [6.07, 6.45) is 7.22. The first-order valence-corrected chi connectivity index (χ1v) is 8.31. The predicted molar refractivity (Wildman–Crippen MR) is 89.9 cm³/mol. The zero-order chi connectivity index (χ0) is 14.5. The van der Waals surface area contributed by atoms with E-state index in [9.17, 15) is 4.79 Å². The molecule has 0 aromatic carbocycles. The number of nitrogens with one attached hydrogen (secondary N) is 2. The molecule has 0 aromatic rings. The van der Waals surface area contributed by atoms with Gasteiger partial charge in [-0.1, -0.05) is 6.92 Å². The minimum atomic E-state index is 0. The first kappa shape index (κ1) is 18.7. The molecule has 21 heavy (non-hydrogen) atoms. The molecule has 0 bridgehead atoms. The van der Waals surface area contributed by atoms with Gasteiger partial charge in [0.25, 0.3) is 0 Å². The van der Waals surface area contributed by atoms with Crippen LogP contribution in [0.1, 0.15) is 52.4 Å². The highest BCUT2D eigenvalue weighted by Gasteiger charge is 2.28. The van der Waals surface area contributed by atoms with Gasteiger partial charge in [-0.2, -0.15) is 0 Å². The van der Waals surface area contributed by atoms with E-state index < -0.39 is 0 Å². The Morgan fingerprint density at radius 1 is 1.14 bits per heavy atom. The SMILES string of the molecule is CNC1CCCN(C(C)C(=O)NC2CCC(C)CC2)C1.Cl. The molecule has 124 valence electrons. The number of halogens is 1. The highest BCUT2D eigenvalue weighted by molar-refractivity contribution is 5.85. The second-order valence-corrected chi connectivity index (χ2v) is 6.76. The van der Waals surface area contributed by atoms with Crippen LogP contribution in [0.3, 0.4) is 0 Å². The summed E-state index contributed by atoms with van der Waals surface area (Å²) in [5.41, 5.74) is 0. The van der Waals surface area contributed by atoms with Gasteiger partial charge in [0.2, 0.25) is 5.91 Å². The fourth-order valence-electron chi connectivity index (χ4n) is 3.49. The van der Waals surface area contributed by atoms with E-state index in [0.717, 1.165) is 31.8 Å². The summed E-state index contributed by atoms with van der Waals surface area (Å²) in [5.74, 6) is 1.06. The Bertz CT molecular complexity index is 319. The smallest absolute Gasteiger partial charge is 0.237 e. The minimum Gasteiger partial charge on any atom is -0.352 e. The van der Waals surface area contributed by atoms with E-state index in [-0.39, 0.29) is 24.4 Å². The number of piperidine rings is 1. The first-order chi connectivity index (χ1) is 9.60. The molecule has 2 fully saturated rings. The maximum Gasteiger partial charge on any atom is 0.237 e. The fourth-order valence-corrected chi connectivity index (χ4v) is 3.49. The third kappa shape index (κ3) is 5.42. The Kier molecular flexibility index (Phi) is 7.99. The maximum absolute atomic E-state index is 12.4. The highest BCUT2D eigenvalue weighted by atomic mass is 35.5. The van der Waals surface area contributed by atoms with Gasteiger partial charge < -0.3 is 10.6 Å². The number of carbonyl (C=O) groups is 1. The lowest BCUT2D eigenvalue weighted by Gasteiger charge is -2.37. The summed E-state index contributed by atoms with van der Waals surface area (Å²) in [5, 5.41) is 6.61. The molecule has 5 heteroatoms. The number of carbonyl (C=O) groups excluding carboxylic acids is 1. The van der Waals surface area contributed by atoms with Gasteiger partial charge in [-0.25, -0.2) is 0 Å². The van der Waals surface area contributed by atoms with Crippen LogP contribution < -0.4 is 10.6 Å². The molecular weight excluding hydrogens is 286 g/mol. The molecule has 1 saturated carbocycles. The zero-order valence-corrected chi connectivity index (χ0v) is 14.5. The van der Waals surface area contributed by atoms with Crippen molar-refractivity contribution >= 4 is 18.3 Å². The molecule has 1 amide bonds. The molecule has 1 heterocycles. The van der Waals surface area contributed by atoms with Crippen molar-refractivity contribution in [3.8, 4) is 0 Å². The van der Waals surface area contributed by atoms with Crippen LogP contribution in [0.5, 0.6) is 0 Å². The Morgan fingerprint density at radius 2 is 1.81 bits per heavy atom. The predicted octanol–water partition coefficient (Wildman–Crippen LogP) is 2.18. The van der Waals surface area contributed by atoms with Crippen LogP contribution in [0, 0.1) is 5.92 Å². The summed E-state index contributed by atoms with van der Waals surface area (Å²) in [6, 6.07) is 0.950. The van der Waals surface area contributed by atoms with E-state index in [4.69, 9.17) is 0 Å². The monoisotopic (exact) mass is 317 g/mol. The number of rotatable bonds is 4. The van der Waals surface area contributed by atoms with Crippen molar-refractivity contribution in [3.05, 3.63) is 0 Å². The van der Waals surface area contributed by atoms with Crippen LogP contribution in [0.2, 0.25) is 0 Å². The topological polar surface area (TPSA) is 44.4 Å². The van der Waals surface area contributed by atoms with Gasteiger partial charge >= 0.3 is 0 Å². The molecule has 1 aliphatic heterocycles. The van der Waals surface area contributed by atoms with Crippen LogP contribution in [0.25, 0.3) is 0 Å². The zero-order valence-electron chi connectivity index (χ0n) is 13.7. The third-order valence-electron chi connectivity index (χ3n) is 5.15. The number of likely N-dealkylation sites (N-methyl/N-ethyl adjacent to an activating group) is 1. The summed E-state index contributed by atoms with van der Waals surface area (Å²) >= 11 is 0. The summed E-state index contributed by atoms with van der Waals surface area (Å²) in [6.45, 7) is 6.41. The summed E-state index contributed by atoms with van der Waals surface area (Å²) < 4.78 is 0. The van der Waals surface area contributed by atoms with E-state index in [1.807, 2.05) is 7.05 Å². The third-order valence-corrected chi connectivity index (χ3v) is 5.15. The van der Waals surface area contributed by atoms with Crippen LogP contribution in [-0.2, 0) is 4.79 Å². The summed E-state index contributed by atoms with van der Waals surface area (Å²) in [4.78, 5) is 14.7. The normalized spacial score (nSPS) is 32.0. The molecule has 0 radical (unpaired) electrons. The van der Waals surface area contributed by atoms with Gasteiger partial charge in [-0.15, -0.1) is 12.4 Å². The molecule has 4 nitrogen and oxygen atoms in total. The first-order valence-electron chi connectivity index (χ1n) is 8.31. The fraction of sp³-hybridized carbons (Fsp3) is 0.938. The molecule has 1 aliphatic carbocycles. The largest absolute Gasteiger partial charge is 0.352 e. The Hall–Kier alpha value is -0.320. The van der Waals surface area contributed by atoms with Crippen molar-refractivity contribution in [2.45, 2.75) is 70.5 Å². The lowest BCUT2D eigenvalue weighted by atomic mass is 9.87. The lowest BCUT2D eigenvalue weighted by Crippen LogP contribution is -2.54. The second-order valence-electron chi connectivity index (χ2n) is 6.76. The lowest BCUT2D eigenvalue weighted by molar-refractivity contribution is -0.127. The average molecular weight is 318 g/mol. The maximum atomic E-state index is 12.4. The molecular formula is C16H32ClN3O. The number of nitrogens with zero attached hydrogens (tertiary/aromatic N) is 1. The van der Waals surface area contributed by atoms with E-state index in [1.54, 1.807) is 0 Å². The number of hydrogen-bond acceptors (Lipinski definition) is 3. The van der Waals surface area contributed by atoms with Gasteiger partial charge in [-0.3, -0.25) is 9.69 Å². The molecule has 2 atom stereocenters. The number of hydrogen-bond donors (Lipinski definition) is 2. The molecule has 2 unspecified atom stereocenters. The number of amides is 1. The van der Waals surface area contributed by atoms with E-state index in [1.165, 1.54) is 25.7 Å². The van der Waals surface area contributed by atoms with Crippen molar-refractivity contribution in [1.29, 1.82) is 0 Å². The number of likely N-dealkylation sites (tertiary alicyclic amines) is 1. The summed E-state index contributed by atoms with van der Waals surface area (Å²) in [7, 11) is 2.02.